The summed E-state index contributed by atoms with van der Waals surface area (Å²) in [7, 11) is -3.67. The maximum absolute atomic E-state index is 11.9. The van der Waals surface area contributed by atoms with Crippen molar-refractivity contribution in [2.45, 2.75) is 4.90 Å². The molecular weight excluding hydrogens is 364 g/mol. The van der Waals surface area contributed by atoms with Gasteiger partial charge in [-0.1, -0.05) is 45.7 Å². The molecule has 0 amide bonds. The normalized spacial score (nSPS) is 11.7. The Morgan fingerprint density at radius 2 is 1.75 bits per heavy atom. The average Bonchev–Trinajstić information content (AvgIpc) is 2.41. The summed E-state index contributed by atoms with van der Waals surface area (Å²) < 4.78 is 24.7. The van der Waals surface area contributed by atoms with Crippen LogP contribution in [0.1, 0.15) is 5.56 Å². The summed E-state index contributed by atoms with van der Waals surface area (Å²) in [6, 6.07) is 13.3. The van der Waals surface area contributed by atoms with Crippen LogP contribution in [-0.2, 0) is 10.0 Å². The summed E-state index contributed by atoms with van der Waals surface area (Å²) in [5.74, 6) is 0. The van der Waals surface area contributed by atoms with E-state index in [9.17, 15) is 8.42 Å². The lowest BCUT2D eigenvalue weighted by atomic mass is 10.2. The zero-order chi connectivity index (χ0) is 14.6. The van der Waals surface area contributed by atoms with Crippen LogP contribution in [0.3, 0.4) is 0 Å². The van der Waals surface area contributed by atoms with Gasteiger partial charge >= 0.3 is 0 Å². The van der Waals surface area contributed by atoms with E-state index in [0.717, 1.165) is 4.47 Å². The zero-order valence-corrected chi connectivity index (χ0v) is 13.3. The smallest absolute Gasteiger partial charge is 0.200 e. The maximum Gasteiger partial charge on any atom is 0.276 e. The lowest BCUT2D eigenvalue weighted by Gasteiger charge is -2.03. The largest absolute Gasteiger partial charge is 0.276 e. The molecule has 0 aliphatic heterocycles. The quantitative estimate of drug-likeness (QED) is 0.659. The molecule has 0 aliphatic rings. The molecule has 0 saturated heterocycles. The average molecular weight is 374 g/mol. The van der Waals surface area contributed by atoms with Gasteiger partial charge in [-0.3, -0.25) is 0 Å². The predicted molar refractivity (Wildman–Crippen MR) is 83.5 cm³/mol. The molecule has 4 nitrogen and oxygen atoms in total. The predicted octanol–water partition coefficient (Wildman–Crippen LogP) is 3.41. The van der Waals surface area contributed by atoms with Gasteiger partial charge < -0.3 is 0 Å². The van der Waals surface area contributed by atoms with Crippen LogP contribution in [0.4, 0.5) is 0 Å². The third kappa shape index (κ3) is 3.82. The van der Waals surface area contributed by atoms with E-state index in [1.54, 1.807) is 36.4 Å². The molecule has 2 aromatic rings. The van der Waals surface area contributed by atoms with Crippen molar-refractivity contribution in [1.29, 1.82) is 0 Å². The summed E-state index contributed by atoms with van der Waals surface area (Å²) in [5, 5.41) is 4.21. The number of hydrazone groups is 1. The minimum absolute atomic E-state index is 0.136. The molecule has 2 aromatic carbocycles. The van der Waals surface area contributed by atoms with Gasteiger partial charge in [0, 0.05) is 15.1 Å². The number of halogens is 2. The number of rotatable bonds is 4. The Balaban J connectivity index is 2.14. The van der Waals surface area contributed by atoms with Crippen molar-refractivity contribution in [2.75, 3.05) is 0 Å². The molecule has 0 heterocycles. The van der Waals surface area contributed by atoms with Crippen LogP contribution in [-0.4, -0.2) is 14.6 Å². The van der Waals surface area contributed by atoms with E-state index in [-0.39, 0.29) is 4.90 Å². The Kier molecular flexibility index (Phi) is 4.80. The second-order valence-corrected chi connectivity index (χ2v) is 6.81. The van der Waals surface area contributed by atoms with Gasteiger partial charge in [-0.05, 0) is 30.3 Å². The van der Waals surface area contributed by atoms with E-state index >= 15 is 0 Å². The first kappa shape index (κ1) is 15.0. The molecule has 7 heteroatoms. The maximum atomic E-state index is 11.9. The topological polar surface area (TPSA) is 58.5 Å². The van der Waals surface area contributed by atoms with Crippen molar-refractivity contribution in [1.82, 2.24) is 4.83 Å². The molecule has 0 unspecified atom stereocenters. The van der Waals surface area contributed by atoms with E-state index in [1.165, 1.54) is 18.3 Å². The zero-order valence-electron chi connectivity index (χ0n) is 10.1. The SMILES string of the molecule is O=S(=O)(N/N=C\c1ccccc1Cl)c1ccc(Br)cc1. The summed E-state index contributed by atoms with van der Waals surface area (Å²) in [4.78, 5) is 2.27. The van der Waals surface area contributed by atoms with E-state index in [0.29, 0.717) is 10.6 Å². The minimum atomic E-state index is -3.67. The molecular formula is C13H10BrClN2O2S. The molecule has 0 spiro atoms. The highest BCUT2D eigenvalue weighted by molar-refractivity contribution is 9.10. The molecule has 104 valence electrons. The van der Waals surface area contributed by atoms with Gasteiger partial charge in [-0.25, -0.2) is 4.83 Å². The van der Waals surface area contributed by atoms with Crippen LogP contribution in [0.15, 0.2) is 63.0 Å². The van der Waals surface area contributed by atoms with Crippen molar-refractivity contribution >= 4 is 43.8 Å². The van der Waals surface area contributed by atoms with Crippen molar-refractivity contribution in [3.8, 4) is 0 Å². The first-order valence-corrected chi connectivity index (χ1v) is 8.19. The van der Waals surface area contributed by atoms with E-state index in [4.69, 9.17) is 11.6 Å². The monoisotopic (exact) mass is 372 g/mol. The van der Waals surface area contributed by atoms with Gasteiger partial charge in [-0.15, -0.1) is 0 Å². The lowest BCUT2D eigenvalue weighted by Crippen LogP contribution is -2.18. The molecule has 0 fully saturated rings. The Morgan fingerprint density at radius 3 is 2.40 bits per heavy atom. The fraction of sp³-hybridized carbons (Fsp3) is 0. The van der Waals surface area contributed by atoms with Crippen molar-refractivity contribution < 1.29 is 8.42 Å². The molecule has 0 aliphatic carbocycles. The van der Waals surface area contributed by atoms with Gasteiger partial charge in [0.15, 0.2) is 0 Å². The van der Waals surface area contributed by atoms with E-state index < -0.39 is 10.0 Å². The third-order valence-electron chi connectivity index (χ3n) is 2.41. The molecule has 0 saturated carbocycles. The second-order valence-electron chi connectivity index (χ2n) is 3.83. The van der Waals surface area contributed by atoms with Gasteiger partial charge in [0.1, 0.15) is 0 Å². The van der Waals surface area contributed by atoms with Crippen molar-refractivity contribution in [3.63, 3.8) is 0 Å². The van der Waals surface area contributed by atoms with Crippen LogP contribution < -0.4 is 4.83 Å². The molecule has 2 rings (SSSR count). The number of hydrogen-bond donors (Lipinski definition) is 1. The molecule has 1 N–H and O–H groups in total. The van der Waals surface area contributed by atoms with Gasteiger partial charge in [-0.2, -0.15) is 13.5 Å². The van der Waals surface area contributed by atoms with Crippen LogP contribution >= 0.6 is 27.5 Å². The Labute approximate surface area is 130 Å². The van der Waals surface area contributed by atoms with Gasteiger partial charge in [0.25, 0.3) is 10.0 Å². The summed E-state index contributed by atoms with van der Waals surface area (Å²) in [6.45, 7) is 0. The van der Waals surface area contributed by atoms with Gasteiger partial charge in [0.05, 0.1) is 11.1 Å². The van der Waals surface area contributed by atoms with Gasteiger partial charge in [0.2, 0.25) is 0 Å². The Morgan fingerprint density at radius 1 is 1.10 bits per heavy atom. The van der Waals surface area contributed by atoms with Crippen LogP contribution in [0, 0.1) is 0 Å². The Bertz CT molecular complexity index is 730. The van der Waals surface area contributed by atoms with E-state index in [1.807, 2.05) is 0 Å². The minimum Gasteiger partial charge on any atom is -0.200 e. The highest BCUT2D eigenvalue weighted by atomic mass is 79.9. The van der Waals surface area contributed by atoms with Crippen LogP contribution in [0.5, 0.6) is 0 Å². The van der Waals surface area contributed by atoms with Crippen molar-refractivity contribution in [2.24, 2.45) is 5.10 Å². The number of nitrogens with zero attached hydrogens (tertiary/aromatic N) is 1. The molecule has 0 radical (unpaired) electrons. The van der Waals surface area contributed by atoms with E-state index in [2.05, 4.69) is 25.9 Å². The third-order valence-corrected chi connectivity index (χ3v) is 4.52. The number of benzene rings is 2. The number of sulfonamides is 1. The first-order chi connectivity index (χ1) is 9.49. The molecule has 20 heavy (non-hydrogen) atoms. The summed E-state index contributed by atoms with van der Waals surface area (Å²) >= 11 is 9.18. The number of nitrogens with one attached hydrogen (secondary N) is 1. The lowest BCUT2D eigenvalue weighted by molar-refractivity contribution is 0.584. The fourth-order valence-electron chi connectivity index (χ4n) is 1.41. The Hall–Kier alpha value is -1.37. The van der Waals surface area contributed by atoms with Crippen LogP contribution in [0.2, 0.25) is 5.02 Å². The second kappa shape index (κ2) is 6.39. The van der Waals surface area contributed by atoms with Crippen LogP contribution in [0.25, 0.3) is 0 Å². The van der Waals surface area contributed by atoms with Crippen molar-refractivity contribution in [3.05, 3.63) is 63.6 Å². The highest BCUT2D eigenvalue weighted by Crippen LogP contribution is 2.15. The molecule has 0 aromatic heterocycles. The summed E-state index contributed by atoms with van der Waals surface area (Å²) in [6.07, 6.45) is 1.36. The fourth-order valence-corrected chi connectivity index (χ4v) is 2.65. The number of hydrogen-bond acceptors (Lipinski definition) is 3. The molecule has 0 atom stereocenters. The first-order valence-electron chi connectivity index (χ1n) is 5.54. The highest BCUT2D eigenvalue weighted by Gasteiger charge is 2.11. The standard InChI is InChI=1S/C13H10BrClN2O2S/c14-11-5-7-12(8-6-11)20(18,19)17-16-9-10-3-1-2-4-13(10)15/h1-9,17H/b16-9-. The summed E-state index contributed by atoms with van der Waals surface area (Å²) in [5.41, 5.74) is 0.632. The molecule has 0 bridgehead atoms.